The predicted molar refractivity (Wildman–Crippen MR) is 75.1 cm³/mol. The van der Waals surface area contributed by atoms with E-state index in [1.54, 1.807) is 18.3 Å². The van der Waals surface area contributed by atoms with Gasteiger partial charge in [0.1, 0.15) is 5.60 Å². The Morgan fingerprint density at radius 1 is 1.35 bits per heavy atom. The third-order valence-corrected chi connectivity index (χ3v) is 3.25. The van der Waals surface area contributed by atoms with Gasteiger partial charge in [0, 0.05) is 24.2 Å². The summed E-state index contributed by atoms with van der Waals surface area (Å²) in [6.45, 7) is 4.08. The Kier molecular flexibility index (Phi) is 3.10. The number of aliphatic hydroxyl groups excluding tert-OH is 1. The lowest BCUT2D eigenvalue weighted by molar-refractivity contribution is 0.135. The quantitative estimate of drug-likeness (QED) is 0.932. The maximum absolute atomic E-state index is 9.14. The van der Waals surface area contributed by atoms with Gasteiger partial charge in [0.05, 0.1) is 6.61 Å². The van der Waals surface area contributed by atoms with E-state index in [1.165, 1.54) is 0 Å². The van der Waals surface area contributed by atoms with E-state index >= 15 is 0 Å². The minimum Gasteiger partial charge on any atom is -0.483 e. The van der Waals surface area contributed by atoms with Crippen LogP contribution in [0.5, 0.6) is 17.4 Å². The molecule has 0 bridgehead atoms. The van der Waals surface area contributed by atoms with Crippen LogP contribution in [0.4, 0.5) is 0 Å². The Labute approximate surface area is 118 Å². The Bertz CT molecular complexity index is 637. The first-order valence-corrected chi connectivity index (χ1v) is 6.62. The van der Waals surface area contributed by atoms with E-state index in [1.807, 2.05) is 12.1 Å². The molecule has 3 rings (SSSR count). The molecular weight excluding hydrogens is 254 g/mol. The maximum Gasteiger partial charge on any atom is 0.219 e. The zero-order chi connectivity index (χ0) is 14.2. The van der Waals surface area contributed by atoms with Gasteiger partial charge < -0.3 is 14.6 Å². The highest BCUT2D eigenvalue weighted by Crippen LogP contribution is 2.43. The molecule has 20 heavy (non-hydrogen) atoms. The second-order valence-electron chi connectivity index (χ2n) is 5.55. The molecule has 0 saturated carbocycles. The molecule has 0 radical (unpaired) electrons. The molecule has 0 atom stereocenters. The minimum absolute atomic E-state index is 0.0324. The number of nitrogens with zero attached hydrogens (tertiary/aromatic N) is 1. The lowest BCUT2D eigenvalue weighted by Gasteiger charge is -2.18. The number of aromatic nitrogens is 1. The Morgan fingerprint density at radius 3 is 3.00 bits per heavy atom. The summed E-state index contributed by atoms with van der Waals surface area (Å²) in [5.74, 6) is 1.91. The van der Waals surface area contributed by atoms with Crippen molar-refractivity contribution in [3.05, 3.63) is 47.7 Å². The zero-order valence-electron chi connectivity index (χ0n) is 11.6. The van der Waals surface area contributed by atoms with E-state index in [2.05, 4.69) is 24.9 Å². The number of rotatable bonds is 3. The molecule has 4 heteroatoms. The summed E-state index contributed by atoms with van der Waals surface area (Å²) in [4.78, 5) is 4.16. The molecular formula is C16H17NO3. The fraction of sp³-hybridized carbons (Fsp3) is 0.312. The molecule has 0 unspecified atom stereocenters. The predicted octanol–water partition coefficient (Wildman–Crippen LogP) is 3.08. The smallest absolute Gasteiger partial charge is 0.219 e. The second-order valence-corrected chi connectivity index (χ2v) is 5.55. The van der Waals surface area contributed by atoms with Crippen LogP contribution in [0.1, 0.15) is 25.0 Å². The van der Waals surface area contributed by atoms with Crippen LogP contribution in [0, 0.1) is 0 Å². The molecule has 0 spiro atoms. The van der Waals surface area contributed by atoms with Crippen molar-refractivity contribution in [1.29, 1.82) is 0 Å². The molecule has 0 fully saturated rings. The summed E-state index contributed by atoms with van der Waals surface area (Å²) in [5, 5.41) is 9.14. The highest BCUT2D eigenvalue weighted by atomic mass is 16.5. The van der Waals surface area contributed by atoms with Gasteiger partial charge in [0.25, 0.3) is 0 Å². The molecule has 1 aromatic carbocycles. The molecule has 4 nitrogen and oxygen atoms in total. The van der Waals surface area contributed by atoms with E-state index in [0.29, 0.717) is 11.6 Å². The number of para-hydroxylation sites is 1. The molecule has 104 valence electrons. The van der Waals surface area contributed by atoms with Crippen molar-refractivity contribution >= 4 is 0 Å². The molecule has 0 saturated heterocycles. The molecule has 1 N–H and O–H groups in total. The molecule has 1 aliphatic rings. The number of ether oxygens (including phenoxy) is 2. The molecule has 2 aromatic rings. The van der Waals surface area contributed by atoms with Crippen LogP contribution in [0.15, 0.2) is 36.5 Å². The average molecular weight is 271 g/mol. The van der Waals surface area contributed by atoms with Crippen LogP contribution in [-0.2, 0) is 13.0 Å². The average Bonchev–Trinajstić information content (AvgIpc) is 2.74. The van der Waals surface area contributed by atoms with Crippen LogP contribution >= 0.6 is 0 Å². The second kappa shape index (κ2) is 4.80. The van der Waals surface area contributed by atoms with E-state index in [0.717, 1.165) is 23.3 Å². The Hall–Kier alpha value is -2.07. The van der Waals surface area contributed by atoms with Gasteiger partial charge in [0.2, 0.25) is 5.88 Å². The summed E-state index contributed by atoms with van der Waals surface area (Å²) in [6, 6.07) is 9.35. The Morgan fingerprint density at radius 2 is 2.20 bits per heavy atom. The van der Waals surface area contributed by atoms with Crippen LogP contribution in [0.2, 0.25) is 0 Å². The number of fused-ring (bicyclic) bond motifs is 1. The fourth-order valence-corrected chi connectivity index (χ4v) is 2.38. The van der Waals surface area contributed by atoms with Crippen LogP contribution in [0.3, 0.4) is 0 Å². The van der Waals surface area contributed by atoms with Crippen molar-refractivity contribution in [2.45, 2.75) is 32.5 Å². The standard InChI is InChI=1S/C16H17NO3/c1-16(2)9-12-4-3-5-13(15(12)20-16)19-14-8-11(10-18)6-7-17-14/h3-8,18H,9-10H2,1-2H3. The van der Waals surface area contributed by atoms with Crippen molar-refractivity contribution < 1.29 is 14.6 Å². The summed E-state index contributed by atoms with van der Waals surface area (Å²) in [5.41, 5.74) is 1.71. The van der Waals surface area contributed by atoms with Gasteiger partial charge >= 0.3 is 0 Å². The van der Waals surface area contributed by atoms with Gasteiger partial charge in [-0.25, -0.2) is 4.98 Å². The van der Waals surface area contributed by atoms with Gasteiger partial charge in [0.15, 0.2) is 11.5 Å². The van der Waals surface area contributed by atoms with E-state index in [9.17, 15) is 0 Å². The minimum atomic E-state index is -0.206. The molecule has 0 aliphatic carbocycles. The number of hydrogen-bond acceptors (Lipinski definition) is 4. The van der Waals surface area contributed by atoms with Crippen molar-refractivity contribution in [2.75, 3.05) is 0 Å². The normalized spacial score (nSPS) is 15.6. The van der Waals surface area contributed by atoms with Crippen LogP contribution in [0.25, 0.3) is 0 Å². The van der Waals surface area contributed by atoms with Crippen LogP contribution in [-0.4, -0.2) is 15.7 Å². The third-order valence-electron chi connectivity index (χ3n) is 3.25. The molecule has 2 heterocycles. The van der Waals surface area contributed by atoms with Crippen molar-refractivity contribution in [3.63, 3.8) is 0 Å². The first kappa shape index (κ1) is 12.9. The first-order valence-electron chi connectivity index (χ1n) is 6.62. The van der Waals surface area contributed by atoms with Gasteiger partial charge in [-0.2, -0.15) is 0 Å². The number of aliphatic hydroxyl groups is 1. The highest BCUT2D eigenvalue weighted by Gasteiger charge is 2.32. The lowest BCUT2D eigenvalue weighted by atomic mass is 10.0. The first-order chi connectivity index (χ1) is 9.57. The van der Waals surface area contributed by atoms with E-state index in [4.69, 9.17) is 14.6 Å². The summed E-state index contributed by atoms with van der Waals surface area (Å²) >= 11 is 0. The summed E-state index contributed by atoms with van der Waals surface area (Å²) in [6.07, 6.45) is 2.48. The number of hydrogen-bond donors (Lipinski definition) is 1. The molecule has 0 amide bonds. The SMILES string of the molecule is CC1(C)Cc2cccc(Oc3cc(CO)ccn3)c2O1. The van der Waals surface area contributed by atoms with E-state index in [-0.39, 0.29) is 12.2 Å². The van der Waals surface area contributed by atoms with Gasteiger partial charge in [-0.1, -0.05) is 12.1 Å². The Balaban J connectivity index is 1.91. The molecule has 1 aliphatic heterocycles. The number of benzene rings is 1. The van der Waals surface area contributed by atoms with Crippen molar-refractivity contribution in [3.8, 4) is 17.4 Å². The highest BCUT2D eigenvalue weighted by molar-refractivity contribution is 5.51. The lowest BCUT2D eigenvalue weighted by Crippen LogP contribution is -2.24. The fourth-order valence-electron chi connectivity index (χ4n) is 2.38. The van der Waals surface area contributed by atoms with E-state index < -0.39 is 0 Å². The van der Waals surface area contributed by atoms with Gasteiger partial charge in [-0.15, -0.1) is 0 Å². The number of pyridine rings is 1. The largest absolute Gasteiger partial charge is 0.483 e. The third kappa shape index (κ3) is 2.47. The zero-order valence-corrected chi connectivity index (χ0v) is 11.6. The monoisotopic (exact) mass is 271 g/mol. The maximum atomic E-state index is 9.14. The topological polar surface area (TPSA) is 51.6 Å². The van der Waals surface area contributed by atoms with Crippen LogP contribution < -0.4 is 9.47 Å². The molecule has 1 aromatic heterocycles. The van der Waals surface area contributed by atoms with Gasteiger partial charge in [-0.05, 0) is 31.5 Å². The van der Waals surface area contributed by atoms with Crippen molar-refractivity contribution in [1.82, 2.24) is 4.98 Å². The van der Waals surface area contributed by atoms with Crippen molar-refractivity contribution in [2.24, 2.45) is 0 Å². The summed E-state index contributed by atoms with van der Waals surface area (Å²) in [7, 11) is 0. The summed E-state index contributed by atoms with van der Waals surface area (Å²) < 4.78 is 11.8. The van der Waals surface area contributed by atoms with Gasteiger partial charge in [-0.3, -0.25) is 0 Å².